The molecule has 0 spiro atoms. The highest BCUT2D eigenvalue weighted by molar-refractivity contribution is 5.85. The number of carbonyl (C=O) groups is 1. The average Bonchev–Trinajstić information content (AvgIpc) is 2.76. The van der Waals surface area contributed by atoms with Crippen LogP contribution < -0.4 is 10.9 Å². The Morgan fingerprint density at radius 1 is 1.12 bits per heavy atom. The lowest BCUT2D eigenvalue weighted by molar-refractivity contribution is 0.156. The molecule has 0 saturated carbocycles. The second-order valence-electron chi connectivity index (χ2n) is 7.88. The molecule has 0 fully saturated rings. The highest BCUT2D eigenvalue weighted by Crippen LogP contribution is 2.22. The number of carbonyl (C=O) groups excluding carboxylic acids is 1. The zero-order valence-corrected chi connectivity index (χ0v) is 19.9. The smallest absolute Gasteiger partial charge is 0.411 e. The largest absolute Gasteiger partial charge is 0.449 e. The number of halogens is 3. The van der Waals surface area contributed by atoms with Gasteiger partial charge in [-0.1, -0.05) is 12.1 Å². The minimum absolute atomic E-state index is 0. The number of benzene rings is 2. The Kier molecular flexibility index (Phi) is 9.70. The van der Waals surface area contributed by atoms with Crippen LogP contribution in [0.5, 0.6) is 0 Å². The minimum Gasteiger partial charge on any atom is -0.449 e. The van der Waals surface area contributed by atoms with Gasteiger partial charge in [0.15, 0.2) is 0 Å². The van der Waals surface area contributed by atoms with Crippen LogP contribution >= 0.6 is 12.4 Å². The zero-order valence-electron chi connectivity index (χ0n) is 19.1. The first-order chi connectivity index (χ1) is 15.7. The number of aromatic nitrogens is 2. The van der Waals surface area contributed by atoms with Crippen molar-refractivity contribution in [2.45, 2.75) is 19.4 Å². The maximum absolute atomic E-state index is 13.6. The van der Waals surface area contributed by atoms with E-state index < -0.39 is 23.8 Å². The first kappa shape index (κ1) is 26.9. The van der Waals surface area contributed by atoms with E-state index in [0.29, 0.717) is 17.9 Å². The molecule has 1 N–H and O–H groups in total. The van der Waals surface area contributed by atoms with Gasteiger partial charge in [-0.2, -0.15) is 5.10 Å². The van der Waals surface area contributed by atoms with E-state index >= 15 is 0 Å². The van der Waals surface area contributed by atoms with Crippen LogP contribution in [0.25, 0.3) is 11.3 Å². The molecule has 1 amide bonds. The van der Waals surface area contributed by atoms with Crippen LogP contribution in [0.2, 0.25) is 0 Å². The number of rotatable bonds is 8. The summed E-state index contributed by atoms with van der Waals surface area (Å²) in [5, 5.41) is 6.99. The van der Waals surface area contributed by atoms with E-state index in [2.05, 4.69) is 10.4 Å². The summed E-state index contributed by atoms with van der Waals surface area (Å²) < 4.78 is 33.6. The van der Waals surface area contributed by atoms with Crippen molar-refractivity contribution < 1.29 is 18.3 Å². The van der Waals surface area contributed by atoms with E-state index in [9.17, 15) is 18.4 Å². The van der Waals surface area contributed by atoms with Crippen LogP contribution in [0.3, 0.4) is 0 Å². The lowest BCUT2D eigenvalue weighted by Crippen LogP contribution is -2.26. The summed E-state index contributed by atoms with van der Waals surface area (Å²) in [6, 6.07) is 12.2. The minimum atomic E-state index is -0.732. The molecule has 0 aliphatic heterocycles. The summed E-state index contributed by atoms with van der Waals surface area (Å²) in [6.07, 6.45) is 0.154. The van der Waals surface area contributed by atoms with Gasteiger partial charge in [-0.3, -0.25) is 10.1 Å². The van der Waals surface area contributed by atoms with Gasteiger partial charge in [-0.05, 0) is 63.3 Å². The number of hydrogen-bond donors (Lipinski definition) is 1. The molecule has 34 heavy (non-hydrogen) atoms. The van der Waals surface area contributed by atoms with Crippen molar-refractivity contribution in [1.29, 1.82) is 0 Å². The van der Waals surface area contributed by atoms with Crippen molar-refractivity contribution >= 4 is 24.2 Å². The van der Waals surface area contributed by atoms with E-state index in [0.717, 1.165) is 31.2 Å². The third-order valence-electron chi connectivity index (χ3n) is 4.95. The summed E-state index contributed by atoms with van der Waals surface area (Å²) in [6.45, 7) is 2.87. The van der Waals surface area contributed by atoms with Crippen molar-refractivity contribution in [2.24, 2.45) is 0 Å². The van der Waals surface area contributed by atoms with Gasteiger partial charge in [-0.15, -0.1) is 12.4 Å². The number of amides is 1. The highest BCUT2D eigenvalue weighted by Gasteiger charge is 2.14. The van der Waals surface area contributed by atoms with E-state index in [4.69, 9.17) is 4.74 Å². The molecule has 7 nitrogen and oxygen atoms in total. The fourth-order valence-electron chi connectivity index (χ4n) is 3.28. The molecule has 3 aromatic rings. The molecule has 1 heterocycles. The molecule has 2 aromatic carbocycles. The normalized spacial score (nSPS) is 11.6. The number of nitrogens with one attached hydrogen (secondary N) is 1. The van der Waals surface area contributed by atoms with Crippen LogP contribution in [-0.2, 0) is 4.74 Å². The van der Waals surface area contributed by atoms with E-state index in [1.165, 1.54) is 16.8 Å². The van der Waals surface area contributed by atoms with Gasteiger partial charge in [0.25, 0.3) is 5.56 Å². The van der Waals surface area contributed by atoms with Crippen LogP contribution in [0.15, 0.2) is 59.4 Å². The van der Waals surface area contributed by atoms with Gasteiger partial charge in [0, 0.05) is 29.9 Å². The van der Waals surface area contributed by atoms with Gasteiger partial charge in [-0.25, -0.2) is 18.3 Å². The molecule has 3 rings (SSSR count). The van der Waals surface area contributed by atoms with Gasteiger partial charge in [0.05, 0.1) is 18.3 Å². The Morgan fingerprint density at radius 3 is 2.50 bits per heavy atom. The molecule has 0 radical (unpaired) electrons. The third kappa shape index (κ3) is 7.36. The summed E-state index contributed by atoms with van der Waals surface area (Å²) in [4.78, 5) is 26.5. The van der Waals surface area contributed by atoms with Gasteiger partial charge < -0.3 is 9.64 Å². The summed E-state index contributed by atoms with van der Waals surface area (Å²) in [7, 11) is 3.89. The maximum atomic E-state index is 13.6. The van der Waals surface area contributed by atoms with Crippen LogP contribution in [-0.4, -0.2) is 48.0 Å². The van der Waals surface area contributed by atoms with Gasteiger partial charge in [0.2, 0.25) is 0 Å². The monoisotopic (exact) mass is 492 g/mol. The van der Waals surface area contributed by atoms with E-state index in [-0.39, 0.29) is 29.2 Å². The van der Waals surface area contributed by atoms with Crippen LogP contribution in [0, 0.1) is 11.6 Å². The third-order valence-corrected chi connectivity index (χ3v) is 4.95. The Bertz CT molecular complexity index is 1170. The molecular weight excluding hydrogens is 466 g/mol. The molecule has 182 valence electrons. The van der Waals surface area contributed by atoms with Crippen LogP contribution in [0.1, 0.15) is 24.9 Å². The van der Waals surface area contributed by atoms with E-state index in [1.807, 2.05) is 19.0 Å². The molecule has 0 bridgehead atoms. The molecular formula is C24H27ClF2N4O3. The number of hydrogen-bond acceptors (Lipinski definition) is 5. The molecule has 10 heteroatoms. The number of nitrogens with zero attached hydrogens (tertiary/aromatic N) is 3. The van der Waals surface area contributed by atoms with Crippen LogP contribution in [0.4, 0.5) is 19.3 Å². The molecule has 1 atom stereocenters. The summed E-state index contributed by atoms with van der Waals surface area (Å²) in [5.74, 6) is -1.46. The first-order valence-electron chi connectivity index (χ1n) is 10.5. The standard InChI is InChI=1S/C24H26F2N4O3.ClH/c1-16(17-6-4-7-21(14-17)27-24(32)33-11-5-10-29(2)3)30-23(31)9-8-22(28-30)18-12-19(25)15-20(26)13-18;/h4,6-9,12-16H,5,10-11H2,1-3H3,(H,27,32);1H. The quantitative estimate of drug-likeness (QED) is 0.460. The lowest BCUT2D eigenvalue weighted by Gasteiger charge is -2.16. The summed E-state index contributed by atoms with van der Waals surface area (Å²) >= 11 is 0. The second kappa shape index (κ2) is 12.2. The fourth-order valence-corrected chi connectivity index (χ4v) is 3.28. The molecule has 0 aliphatic rings. The van der Waals surface area contributed by atoms with Gasteiger partial charge >= 0.3 is 6.09 Å². The van der Waals surface area contributed by atoms with Crippen molar-refractivity contribution in [2.75, 3.05) is 32.6 Å². The second-order valence-corrected chi connectivity index (χ2v) is 7.88. The highest BCUT2D eigenvalue weighted by atomic mass is 35.5. The van der Waals surface area contributed by atoms with E-state index in [1.54, 1.807) is 31.2 Å². The Labute approximate surface area is 202 Å². The predicted molar refractivity (Wildman–Crippen MR) is 129 cm³/mol. The summed E-state index contributed by atoms with van der Waals surface area (Å²) in [5.41, 5.74) is 1.32. The Morgan fingerprint density at radius 2 is 1.82 bits per heavy atom. The Hall–Kier alpha value is -3.30. The van der Waals surface area contributed by atoms with Crippen molar-refractivity contribution in [3.05, 3.63) is 82.1 Å². The average molecular weight is 493 g/mol. The first-order valence-corrected chi connectivity index (χ1v) is 10.5. The zero-order chi connectivity index (χ0) is 24.0. The Balaban J connectivity index is 0.00000408. The maximum Gasteiger partial charge on any atom is 0.411 e. The lowest BCUT2D eigenvalue weighted by atomic mass is 10.1. The molecule has 1 aromatic heterocycles. The van der Waals surface area contributed by atoms with Crippen molar-refractivity contribution in [3.8, 4) is 11.3 Å². The van der Waals surface area contributed by atoms with Crippen molar-refractivity contribution in [3.63, 3.8) is 0 Å². The van der Waals surface area contributed by atoms with Gasteiger partial charge in [0.1, 0.15) is 11.6 Å². The molecule has 0 saturated heterocycles. The molecule has 0 aliphatic carbocycles. The topological polar surface area (TPSA) is 76.5 Å². The number of anilines is 1. The predicted octanol–water partition coefficient (Wildman–Crippen LogP) is 4.72. The van der Waals surface area contributed by atoms with Crippen molar-refractivity contribution in [1.82, 2.24) is 14.7 Å². The SMILES string of the molecule is CC(c1cccc(NC(=O)OCCCN(C)C)c1)n1nc(-c2cc(F)cc(F)c2)ccc1=O.Cl. The number of ether oxygens (including phenoxy) is 1. The molecule has 1 unspecified atom stereocenters. The fraction of sp³-hybridized carbons (Fsp3) is 0.292.